The summed E-state index contributed by atoms with van der Waals surface area (Å²) in [4.78, 5) is 26.9. The van der Waals surface area contributed by atoms with Gasteiger partial charge in [-0.2, -0.15) is 9.38 Å². The summed E-state index contributed by atoms with van der Waals surface area (Å²) in [6.45, 7) is 3.76. The van der Waals surface area contributed by atoms with E-state index in [9.17, 15) is 10.1 Å². The molecule has 0 saturated carbocycles. The third-order valence-electron chi connectivity index (χ3n) is 4.64. The molecule has 26 heavy (non-hydrogen) atoms. The van der Waals surface area contributed by atoms with Crippen molar-refractivity contribution >= 4 is 33.8 Å². The number of nitrogens with one attached hydrogen (secondary N) is 1. The Morgan fingerprint density at radius 1 is 1.38 bits per heavy atom. The van der Waals surface area contributed by atoms with Gasteiger partial charge in [-0.25, -0.2) is 9.97 Å². The predicted octanol–water partition coefficient (Wildman–Crippen LogP) is 2.74. The van der Waals surface area contributed by atoms with Gasteiger partial charge in [-0.05, 0) is 24.2 Å². The van der Waals surface area contributed by atoms with Crippen LogP contribution in [0.1, 0.15) is 25.5 Å². The van der Waals surface area contributed by atoms with Crippen molar-refractivity contribution in [3.05, 3.63) is 39.8 Å². The molecule has 1 saturated heterocycles. The van der Waals surface area contributed by atoms with E-state index in [1.807, 2.05) is 6.07 Å². The number of aromatic nitrogens is 4. The van der Waals surface area contributed by atoms with Crippen LogP contribution >= 0.6 is 11.3 Å². The Morgan fingerprint density at radius 3 is 2.92 bits per heavy atom. The van der Waals surface area contributed by atoms with Crippen LogP contribution in [-0.2, 0) is 6.42 Å². The summed E-state index contributed by atoms with van der Waals surface area (Å²) in [6, 6.07) is 2.18. The van der Waals surface area contributed by atoms with Gasteiger partial charge in [-0.3, -0.25) is 0 Å². The van der Waals surface area contributed by atoms with Crippen LogP contribution < -0.4 is 10.2 Å². The topological polar surface area (TPSA) is 101 Å². The Labute approximate surface area is 153 Å². The molecule has 3 aromatic rings. The molecule has 136 valence electrons. The summed E-state index contributed by atoms with van der Waals surface area (Å²) in [5.41, 5.74) is 1.03. The maximum atomic E-state index is 11.4. The van der Waals surface area contributed by atoms with Crippen molar-refractivity contribution in [3.63, 3.8) is 0 Å². The number of hydrogen-bond donors (Lipinski definition) is 1. The van der Waals surface area contributed by atoms with Gasteiger partial charge in [0.2, 0.25) is 5.82 Å². The summed E-state index contributed by atoms with van der Waals surface area (Å²) in [6.07, 6.45) is 5.91. The molecule has 0 amide bonds. The van der Waals surface area contributed by atoms with Crippen LogP contribution in [0.4, 0.5) is 17.5 Å². The fraction of sp³-hybridized carbons (Fsp3) is 0.438. The molecule has 1 aliphatic heterocycles. The highest BCUT2D eigenvalue weighted by Crippen LogP contribution is 2.30. The van der Waals surface area contributed by atoms with E-state index in [-0.39, 0.29) is 16.8 Å². The first-order valence-corrected chi connectivity index (χ1v) is 9.46. The van der Waals surface area contributed by atoms with Gasteiger partial charge >= 0.3 is 5.82 Å². The lowest BCUT2D eigenvalue weighted by Crippen LogP contribution is -2.39. The highest BCUT2D eigenvalue weighted by molar-refractivity contribution is 7.15. The number of nitro groups is 1. The van der Waals surface area contributed by atoms with Gasteiger partial charge in [0.25, 0.3) is 4.96 Å². The van der Waals surface area contributed by atoms with E-state index < -0.39 is 0 Å². The number of aryl methyl sites for hydroxylation is 1. The molecule has 0 bridgehead atoms. The molecule has 0 unspecified atom stereocenters. The molecule has 4 heterocycles. The van der Waals surface area contributed by atoms with Crippen molar-refractivity contribution in [2.75, 3.05) is 23.3 Å². The second kappa shape index (κ2) is 6.87. The van der Waals surface area contributed by atoms with Crippen LogP contribution in [-0.4, -0.2) is 43.4 Å². The number of rotatable bonds is 5. The zero-order valence-corrected chi connectivity index (χ0v) is 15.1. The van der Waals surface area contributed by atoms with Gasteiger partial charge in [0.15, 0.2) is 0 Å². The summed E-state index contributed by atoms with van der Waals surface area (Å²) >= 11 is 1.39. The largest absolute Gasteiger partial charge is 0.372 e. The SMILES string of the molecule is CCc1cc(N2CCC(Nc3nc4sccn4c3[N+](=O)[O-])CC2)ncn1. The van der Waals surface area contributed by atoms with E-state index in [1.165, 1.54) is 15.7 Å². The van der Waals surface area contributed by atoms with Crippen molar-refractivity contribution in [3.8, 4) is 0 Å². The van der Waals surface area contributed by atoms with Crippen LogP contribution in [0.3, 0.4) is 0 Å². The summed E-state index contributed by atoms with van der Waals surface area (Å²) in [7, 11) is 0. The molecule has 0 aromatic carbocycles. The van der Waals surface area contributed by atoms with Gasteiger partial charge in [0.1, 0.15) is 18.3 Å². The number of fused-ring (bicyclic) bond motifs is 1. The maximum absolute atomic E-state index is 11.4. The second-order valence-corrected chi connectivity index (χ2v) is 7.10. The number of thiazole rings is 1. The molecule has 0 spiro atoms. The number of anilines is 2. The highest BCUT2D eigenvalue weighted by atomic mass is 32.1. The van der Waals surface area contributed by atoms with E-state index in [1.54, 1.807) is 17.9 Å². The normalized spacial score (nSPS) is 15.5. The minimum atomic E-state index is -0.378. The van der Waals surface area contributed by atoms with Gasteiger partial charge < -0.3 is 20.3 Å². The lowest BCUT2D eigenvalue weighted by atomic mass is 10.0. The van der Waals surface area contributed by atoms with E-state index in [0.29, 0.717) is 10.8 Å². The predicted molar refractivity (Wildman–Crippen MR) is 100.0 cm³/mol. The van der Waals surface area contributed by atoms with E-state index in [4.69, 9.17) is 0 Å². The molecule has 0 atom stereocenters. The van der Waals surface area contributed by atoms with Crippen LogP contribution in [0, 0.1) is 10.1 Å². The third-order valence-corrected chi connectivity index (χ3v) is 5.40. The fourth-order valence-corrected chi connectivity index (χ4v) is 3.95. The van der Waals surface area contributed by atoms with Gasteiger partial charge in [0.05, 0.1) is 0 Å². The van der Waals surface area contributed by atoms with Gasteiger partial charge in [-0.1, -0.05) is 18.3 Å². The zero-order valence-electron chi connectivity index (χ0n) is 14.3. The van der Waals surface area contributed by atoms with E-state index in [2.05, 4.69) is 32.1 Å². The molecular formula is C16H19N7O2S. The molecule has 4 rings (SSSR count). The monoisotopic (exact) mass is 373 g/mol. The first kappa shape index (κ1) is 16.7. The Balaban J connectivity index is 1.45. The van der Waals surface area contributed by atoms with Crippen molar-refractivity contribution < 1.29 is 4.92 Å². The first-order valence-electron chi connectivity index (χ1n) is 8.58. The molecule has 1 aliphatic rings. The van der Waals surface area contributed by atoms with Crippen molar-refractivity contribution in [2.45, 2.75) is 32.2 Å². The van der Waals surface area contributed by atoms with Crippen molar-refractivity contribution in [2.24, 2.45) is 0 Å². The minimum absolute atomic E-state index is 0.00654. The lowest BCUT2D eigenvalue weighted by Gasteiger charge is -2.33. The Hall–Kier alpha value is -2.75. The molecule has 3 aromatic heterocycles. The lowest BCUT2D eigenvalue weighted by molar-refractivity contribution is -0.389. The van der Waals surface area contributed by atoms with Crippen LogP contribution in [0.15, 0.2) is 24.0 Å². The summed E-state index contributed by atoms with van der Waals surface area (Å²) in [5, 5.41) is 16.5. The maximum Gasteiger partial charge on any atom is 0.372 e. The van der Waals surface area contributed by atoms with Gasteiger partial charge in [-0.15, -0.1) is 0 Å². The Bertz CT molecular complexity index is 930. The molecule has 0 radical (unpaired) electrons. The molecule has 9 nitrogen and oxygen atoms in total. The molecule has 0 aliphatic carbocycles. The Morgan fingerprint density at radius 2 is 2.19 bits per heavy atom. The summed E-state index contributed by atoms with van der Waals surface area (Å²) < 4.78 is 1.52. The fourth-order valence-electron chi connectivity index (χ4n) is 3.24. The number of imidazole rings is 1. The smallest absolute Gasteiger partial charge is 0.360 e. The van der Waals surface area contributed by atoms with Gasteiger partial charge in [0, 0.05) is 36.3 Å². The standard InChI is InChI=1S/C16H19N7O2S/c1-2-11-9-13(18-10-17-11)21-5-3-12(4-6-21)19-14-15(23(24)25)22-7-8-26-16(22)20-14/h7-10,12,19H,2-6H2,1H3. The average molecular weight is 373 g/mol. The third kappa shape index (κ3) is 3.07. The summed E-state index contributed by atoms with van der Waals surface area (Å²) in [5.74, 6) is 1.31. The van der Waals surface area contributed by atoms with Crippen LogP contribution in [0.25, 0.3) is 4.96 Å². The van der Waals surface area contributed by atoms with Crippen LogP contribution in [0.5, 0.6) is 0 Å². The minimum Gasteiger partial charge on any atom is -0.360 e. The number of piperidine rings is 1. The van der Waals surface area contributed by atoms with E-state index >= 15 is 0 Å². The van der Waals surface area contributed by atoms with Crippen molar-refractivity contribution in [1.29, 1.82) is 0 Å². The Kier molecular flexibility index (Phi) is 4.41. The molecular weight excluding hydrogens is 354 g/mol. The van der Waals surface area contributed by atoms with Crippen molar-refractivity contribution in [1.82, 2.24) is 19.4 Å². The highest BCUT2D eigenvalue weighted by Gasteiger charge is 2.27. The quantitative estimate of drug-likeness (QED) is 0.542. The second-order valence-electron chi connectivity index (χ2n) is 6.22. The molecule has 10 heteroatoms. The number of nitrogens with zero attached hydrogens (tertiary/aromatic N) is 6. The van der Waals surface area contributed by atoms with Crippen LogP contribution in [0.2, 0.25) is 0 Å². The first-order chi connectivity index (χ1) is 12.7. The average Bonchev–Trinajstić information content (AvgIpc) is 3.22. The zero-order chi connectivity index (χ0) is 18.1. The molecule has 1 fully saturated rings. The number of hydrogen-bond acceptors (Lipinski definition) is 8. The molecule has 1 N–H and O–H groups in total. The van der Waals surface area contributed by atoms with E-state index in [0.717, 1.165) is 43.9 Å².